The second-order valence-corrected chi connectivity index (χ2v) is 4.20. The van der Waals surface area contributed by atoms with Crippen LogP contribution in [0.2, 0.25) is 0 Å². The van der Waals surface area contributed by atoms with Crippen molar-refractivity contribution in [1.82, 2.24) is 10.2 Å². The van der Waals surface area contributed by atoms with Crippen LogP contribution < -0.4 is 5.32 Å². The zero-order valence-electron chi connectivity index (χ0n) is 8.99. The van der Waals surface area contributed by atoms with Crippen LogP contribution in [-0.2, 0) is 0 Å². The molecule has 82 valence electrons. The fourth-order valence-electron chi connectivity index (χ4n) is 1.56. The maximum absolute atomic E-state index is 11.6. The van der Waals surface area contributed by atoms with Crippen molar-refractivity contribution in [1.29, 1.82) is 0 Å². The highest BCUT2D eigenvalue weighted by atomic mass is 16.3. The highest BCUT2D eigenvalue weighted by molar-refractivity contribution is 5.74. The Balaban J connectivity index is 2.30. The van der Waals surface area contributed by atoms with E-state index in [0.717, 1.165) is 31.8 Å². The van der Waals surface area contributed by atoms with E-state index >= 15 is 0 Å². The maximum atomic E-state index is 11.6. The van der Waals surface area contributed by atoms with Crippen molar-refractivity contribution in [2.45, 2.75) is 32.7 Å². The van der Waals surface area contributed by atoms with Crippen molar-refractivity contribution in [2.24, 2.45) is 5.92 Å². The number of likely N-dealkylation sites (tertiary alicyclic amines) is 1. The molecule has 2 amide bonds. The van der Waals surface area contributed by atoms with E-state index in [2.05, 4.69) is 12.2 Å². The van der Waals surface area contributed by atoms with Gasteiger partial charge in [0.15, 0.2) is 0 Å². The maximum Gasteiger partial charge on any atom is 0.317 e. The minimum Gasteiger partial charge on any atom is -0.394 e. The third kappa shape index (κ3) is 3.18. The van der Waals surface area contributed by atoms with Crippen LogP contribution in [0.5, 0.6) is 0 Å². The van der Waals surface area contributed by atoms with Gasteiger partial charge < -0.3 is 15.3 Å². The van der Waals surface area contributed by atoms with E-state index in [9.17, 15) is 4.79 Å². The van der Waals surface area contributed by atoms with E-state index in [0.29, 0.717) is 0 Å². The number of aliphatic hydroxyl groups is 1. The smallest absolute Gasteiger partial charge is 0.317 e. The lowest BCUT2D eigenvalue weighted by Gasteiger charge is -2.31. The lowest BCUT2D eigenvalue weighted by atomic mass is 10.00. The highest BCUT2D eigenvalue weighted by Crippen LogP contribution is 2.15. The van der Waals surface area contributed by atoms with E-state index in [1.165, 1.54) is 0 Å². The molecule has 0 unspecified atom stereocenters. The average Bonchev–Trinajstić information content (AvgIpc) is 2.18. The molecule has 14 heavy (non-hydrogen) atoms. The number of amides is 2. The Morgan fingerprint density at radius 2 is 2.14 bits per heavy atom. The van der Waals surface area contributed by atoms with Crippen LogP contribution >= 0.6 is 0 Å². The Kier molecular flexibility index (Phi) is 4.20. The third-order valence-electron chi connectivity index (χ3n) is 2.71. The molecule has 1 heterocycles. The van der Waals surface area contributed by atoms with Crippen LogP contribution in [0.4, 0.5) is 4.79 Å². The van der Waals surface area contributed by atoms with Gasteiger partial charge in [0.05, 0.1) is 12.6 Å². The molecule has 4 nitrogen and oxygen atoms in total. The molecule has 1 aliphatic heterocycles. The Morgan fingerprint density at radius 3 is 2.64 bits per heavy atom. The average molecular weight is 200 g/mol. The van der Waals surface area contributed by atoms with Crippen molar-refractivity contribution in [3.05, 3.63) is 0 Å². The molecule has 0 radical (unpaired) electrons. The molecule has 0 aromatic rings. The Morgan fingerprint density at radius 1 is 1.57 bits per heavy atom. The normalized spacial score (nSPS) is 20.6. The summed E-state index contributed by atoms with van der Waals surface area (Å²) < 4.78 is 0. The van der Waals surface area contributed by atoms with Gasteiger partial charge in [-0.3, -0.25) is 0 Å². The summed E-state index contributed by atoms with van der Waals surface area (Å²) >= 11 is 0. The number of nitrogens with one attached hydrogen (secondary N) is 1. The van der Waals surface area contributed by atoms with Crippen LogP contribution in [0.1, 0.15) is 26.7 Å². The number of hydrogen-bond donors (Lipinski definition) is 2. The predicted molar refractivity (Wildman–Crippen MR) is 55.1 cm³/mol. The summed E-state index contributed by atoms with van der Waals surface area (Å²) in [4.78, 5) is 13.4. The molecule has 0 saturated carbocycles. The third-order valence-corrected chi connectivity index (χ3v) is 2.71. The van der Waals surface area contributed by atoms with Gasteiger partial charge in [-0.2, -0.15) is 0 Å². The van der Waals surface area contributed by atoms with Gasteiger partial charge in [-0.1, -0.05) is 6.92 Å². The lowest BCUT2D eigenvalue weighted by Crippen LogP contribution is -2.47. The van der Waals surface area contributed by atoms with E-state index < -0.39 is 0 Å². The lowest BCUT2D eigenvalue weighted by molar-refractivity contribution is 0.164. The first-order valence-corrected chi connectivity index (χ1v) is 5.29. The first kappa shape index (κ1) is 11.3. The number of carbonyl (C=O) groups excluding carboxylic acids is 1. The number of nitrogens with zero attached hydrogens (tertiary/aromatic N) is 1. The standard InChI is InChI=1S/C10H20N2O2/c1-8-3-5-12(6-4-8)10(14)11-9(2)7-13/h8-9,13H,3-7H2,1-2H3,(H,11,14)/t9-/m1/s1. The van der Waals surface area contributed by atoms with Gasteiger partial charge in [0.1, 0.15) is 0 Å². The Hall–Kier alpha value is -0.770. The molecule has 1 saturated heterocycles. The summed E-state index contributed by atoms with van der Waals surface area (Å²) in [7, 11) is 0. The van der Waals surface area contributed by atoms with E-state index in [1.54, 1.807) is 6.92 Å². The van der Waals surface area contributed by atoms with Gasteiger partial charge in [-0.05, 0) is 25.7 Å². The van der Waals surface area contributed by atoms with Gasteiger partial charge in [-0.25, -0.2) is 4.79 Å². The minimum atomic E-state index is -0.151. The van der Waals surface area contributed by atoms with E-state index in [4.69, 9.17) is 5.11 Å². The summed E-state index contributed by atoms with van der Waals surface area (Å²) in [5, 5.41) is 11.5. The van der Waals surface area contributed by atoms with E-state index in [-0.39, 0.29) is 18.7 Å². The molecule has 1 fully saturated rings. The number of carbonyl (C=O) groups is 1. The number of hydrogen-bond acceptors (Lipinski definition) is 2. The quantitative estimate of drug-likeness (QED) is 0.693. The summed E-state index contributed by atoms with van der Waals surface area (Å²) in [6, 6.07) is -0.194. The molecule has 4 heteroatoms. The zero-order valence-corrected chi connectivity index (χ0v) is 8.99. The van der Waals surface area contributed by atoms with Crippen LogP contribution in [-0.4, -0.2) is 41.8 Å². The minimum absolute atomic E-state index is 0.00399. The van der Waals surface area contributed by atoms with Crippen molar-refractivity contribution >= 4 is 6.03 Å². The molecular formula is C10H20N2O2. The Bertz CT molecular complexity index is 189. The predicted octanol–water partition coefficient (Wildman–Crippen LogP) is 0.809. The zero-order chi connectivity index (χ0) is 10.6. The fraction of sp³-hybridized carbons (Fsp3) is 0.900. The van der Waals surface area contributed by atoms with Gasteiger partial charge in [0.25, 0.3) is 0 Å². The molecule has 0 aliphatic carbocycles. The summed E-state index contributed by atoms with van der Waals surface area (Å²) in [5.41, 5.74) is 0. The molecule has 1 atom stereocenters. The van der Waals surface area contributed by atoms with Crippen molar-refractivity contribution in [2.75, 3.05) is 19.7 Å². The first-order valence-electron chi connectivity index (χ1n) is 5.29. The molecule has 1 aliphatic rings. The van der Waals surface area contributed by atoms with Gasteiger partial charge in [-0.15, -0.1) is 0 Å². The van der Waals surface area contributed by atoms with Crippen LogP contribution in [0.25, 0.3) is 0 Å². The number of piperidine rings is 1. The van der Waals surface area contributed by atoms with Crippen molar-refractivity contribution in [3.8, 4) is 0 Å². The fourth-order valence-corrected chi connectivity index (χ4v) is 1.56. The highest BCUT2D eigenvalue weighted by Gasteiger charge is 2.20. The SMILES string of the molecule is CC1CCN(C(=O)N[C@H](C)CO)CC1. The molecule has 0 spiro atoms. The molecule has 0 bridgehead atoms. The van der Waals surface area contributed by atoms with E-state index in [1.807, 2.05) is 4.90 Å². The summed E-state index contributed by atoms with van der Waals surface area (Å²) in [6.45, 7) is 5.68. The van der Waals surface area contributed by atoms with Crippen LogP contribution in [0.15, 0.2) is 0 Å². The van der Waals surface area contributed by atoms with Gasteiger partial charge in [0.2, 0.25) is 0 Å². The van der Waals surface area contributed by atoms with Gasteiger partial charge >= 0.3 is 6.03 Å². The van der Waals surface area contributed by atoms with Crippen molar-refractivity contribution in [3.63, 3.8) is 0 Å². The summed E-state index contributed by atoms with van der Waals surface area (Å²) in [6.07, 6.45) is 2.17. The number of rotatable bonds is 2. The topological polar surface area (TPSA) is 52.6 Å². The molecule has 2 N–H and O–H groups in total. The van der Waals surface area contributed by atoms with Crippen molar-refractivity contribution < 1.29 is 9.90 Å². The number of aliphatic hydroxyl groups excluding tert-OH is 1. The molecular weight excluding hydrogens is 180 g/mol. The van der Waals surface area contributed by atoms with Crippen LogP contribution in [0, 0.1) is 5.92 Å². The van der Waals surface area contributed by atoms with Gasteiger partial charge in [0, 0.05) is 13.1 Å². The second-order valence-electron chi connectivity index (χ2n) is 4.20. The molecule has 0 aromatic heterocycles. The summed E-state index contributed by atoms with van der Waals surface area (Å²) in [5.74, 6) is 0.731. The largest absolute Gasteiger partial charge is 0.394 e. The molecule has 0 aromatic carbocycles. The Labute approximate surface area is 85.3 Å². The molecule has 1 rings (SSSR count). The number of urea groups is 1. The van der Waals surface area contributed by atoms with Crippen LogP contribution in [0.3, 0.4) is 0 Å². The first-order chi connectivity index (χ1) is 6.63. The second kappa shape index (κ2) is 5.20. The monoisotopic (exact) mass is 200 g/mol.